The first kappa shape index (κ1) is 13.9. The quantitative estimate of drug-likeness (QED) is 0.330. The predicted octanol–water partition coefficient (Wildman–Crippen LogP) is 2.09. The van der Waals surface area contributed by atoms with Gasteiger partial charge in [0.15, 0.2) is 0 Å². The molecule has 0 aliphatic rings. The average Bonchev–Trinajstić information content (AvgIpc) is 2.07. The highest BCUT2D eigenvalue weighted by atomic mass is 16.5. The van der Waals surface area contributed by atoms with Gasteiger partial charge in [-0.25, -0.2) is 0 Å². The normalized spacial score (nSPS) is 12.5. The van der Waals surface area contributed by atoms with E-state index in [1.165, 1.54) is 6.92 Å². The summed E-state index contributed by atoms with van der Waals surface area (Å²) in [6, 6.07) is 0. The first-order valence-corrected chi connectivity index (χ1v) is 5.25. The summed E-state index contributed by atoms with van der Waals surface area (Å²) in [7, 11) is 0. The second-order valence-corrected chi connectivity index (χ2v) is 4.65. The van der Waals surface area contributed by atoms with E-state index in [-0.39, 0.29) is 11.5 Å². The molecule has 0 saturated carbocycles. The van der Waals surface area contributed by atoms with Crippen molar-refractivity contribution in [3.8, 4) is 0 Å². The van der Waals surface area contributed by atoms with Crippen molar-refractivity contribution in [1.29, 1.82) is 0 Å². The van der Waals surface area contributed by atoms with Crippen LogP contribution in [0.2, 0.25) is 0 Å². The van der Waals surface area contributed by atoms with E-state index in [9.17, 15) is 4.79 Å². The number of nitrogens with zero attached hydrogens (tertiary/aromatic N) is 1. The molecule has 0 aromatic rings. The number of hydrazone groups is 1. The number of hydrogen-bond donors (Lipinski definition) is 1. The maximum atomic E-state index is 10.5. The van der Waals surface area contributed by atoms with Crippen LogP contribution < -0.4 is 5.43 Å². The van der Waals surface area contributed by atoms with Crippen LogP contribution in [0.1, 0.15) is 47.5 Å². The monoisotopic (exact) mass is 214 g/mol. The van der Waals surface area contributed by atoms with Crippen molar-refractivity contribution in [3.05, 3.63) is 0 Å². The zero-order chi connectivity index (χ0) is 11.9. The maximum Gasteiger partial charge on any atom is 0.302 e. The van der Waals surface area contributed by atoms with E-state index < -0.39 is 0 Å². The molecule has 4 nitrogen and oxygen atoms in total. The van der Waals surface area contributed by atoms with Crippen molar-refractivity contribution in [1.82, 2.24) is 5.43 Å². The molecule has 0 aromatic heterocycles. The van der Waals surface area contributed by atoms with Crippen molar-refractivity contribution in [2.24, 2.45) is 5.10 Å². The highest BCUT2D eigenvalue weighted by molar-refractivity contribution is 5.81. The number of nitrogens with one attached hydrogen (secondary N) is 1. The fraction of sp³-hybridized carbons (Fsp3) is 0.818. The first-order valence-electron chi connectivity index (χ1n) is 5.25. The molecule has 0 bridgehead atoms. The highest BCUT2D eigenvalue weighted by Gasteiger charge is 2.06. The number of carbonyl (C=O) groups excluding carboxylic acids is 1. The molecular weight excluding hydrogens is 192 g/mol. The lowest BCUT2D eigenvalue weighted by Gasteiger charge is -2.18. The van der Waals surface area contributed by atoms with Crippen molar-refractivity contribution in [3.63, 3.8) is 0 Å². The molecule has 0 aliphatic heterocycles. The SMILES string of the molecule is CC(=O)OCCCC(C)=NNC(C)(C)C. The summed E-state index contributed by atoms with van der Waals surface area (Å²) in [4.78, 5) is 10.5. The summed E-state index contributed by atoms with van der Waals surface area (Å²) in [5.41, 5.74) is 4.07. The molecule has 0 aromatic carbocycles. The Morgan fingerprint density at radius 1 is 1.33 bits per heavy atom. The third kappa shape index (κ3) is 10.9. The third-order valence-electron chi connectivity index (χ3n) is 1.57. The number of rotatable bonds is 5. The molecular formula is C11H22N2O2. The molecule has 0 radical (unpaired) electrons. The Morgan fingerprint density at radius 2 is 1.93 bits per heavy atom. The maximum absolute atomic E-state index is 10.5. The summed E-state index contributed by atoms with van der Waals surface area (Å²) in [6.07, 6.45) is 1.66. The highest BCUT2D eigenvalue weighted by Crippen LogP contribution is 1.99. The summed E-state index contributed by atoms with van der Waals surface area (Å²) >= 11 is 0. The van der Waals surface area contributed by atoms with Crippen LogP contribution in [0, 0.1) is 0 Å². The Labute approximate surface area is 92.1 Å². The first-order chi connectivity index (χ1) is 6.81. The van der Waals surface area contributed by atoms with Crippen LogP contribution >= 0.6 is 0 Å². The molecule has 0 spiro atoms. The van der Waals surface area contributed by atoms with Gasteiger partial charge in [0.25, 0.3) is 0 Å². The number of hydrogen-bond acceptors (Lipinski definition) is 4. The van der Waals surface area contributed by atoms with E-state index >= 15 is 0 Å². The van der Waals surface area contributed by atoms with Crippen LogP contribution in [-0.2, 0) is 9.53 Å². The van der Waals surface area contributed by atoms with Crippen LogP contribution in [-0.4, -0.2) is 23.8 Å². The van der Waals surface area contributed by atoms with Gasteiger partial charge in [-0.3, -0.25) is 4.79 Å². The van der Waals surface area contributed by atoms with E-state index in [4.69, 9.17) is 4.74 Å². The second kappa shape index (κ2) is 6.43. The van der Waals surface area contributed by atoms with Gasteiger partial charge in [0.1, 0.15) is 0 Å². The minimum atomic E-state index is -0.225. The zero-order valence-electron chi connectivity index (χ0n) is 10.4. The van der Waals surface area contributed by atoms with Gasteiger partial charge in [-0.05, 0) is 40.5 Å². The Morgan fingerprint density at radius 3 is 2.40 bits per heavy atom. The van der Waals surface area contributed by atoms with Crippen molar-refractivity contribution in [2.75, 3.05) is 6.61 Å². The molecule has 88 valence electrons. The van der Waals surface area contributed by atoms with Crippen molar-refractivity contribution >= 4 is 11.7 Å². The predicted molar refractivity (Wildman–Crippen MR) is 61.9 cm³/mol. The van der Waals surface area contributed by atoms with E-state index in [1.54, 1.807) is 0 Å². The number of ether oxygens (including phenoxy) is 1. The van der Waals surface area contributed by atoms with Crippen LogP contribution in [0.25, 0.3) is 0 Å². The van der Waals surface area contributed by atoms with E-state index in [2.05, 4.69) is 31.3 Å². The molecule has 0 atom stereocenters. The topological polar surface area (TPSA) is 50.7 Å². The molecule has 0 saturated heterocycles. The lowest BCUT2D eigenvalue weighted by molar-refractivity contribution is -0.140. The largest absolute Gasteiger partial charge is 0.466 e. The molecule has 0 fully saturated rings. The van der Waals surface area contributed by atoms with Crippen LogP contribution in [0.3, 0.4) is 0 Å². The fourth-order valence-corrected chi connectivity index (χ4v) is 0.863. The second-order valence-electron chi connectivity index (χ2n) is 4.65. The van der Waals surface area contributed by atoms with Crippen molar-refractivity contribution < 1.29 is 9.53 Å². The third-order valence-corrected chi connectivity index (χ3v) is 1.57. The summed E-state index contributed by atoms with van der Waals surface area (Å²) in [6.45, 7) is 10.0. The molecule has 0 heterocycles. The summed E-state index contributed by atoms with van der Waals surface area (Å²) in [5.74, 6) is -0.225. The Kier molecular flexibility index (Phi) is 5.97. The summed E-state index contributed by atoms with van der Waals surface area (Å²) in [5, 5.41) is 4.24. The molecule has 0 unspecified atom stereocenters. The lowest BCUT2D eigenvalue weighted by Crippen LogP contribution is -2.32. The average molecular weight is 214 g/mol. The molecule has 0 rings (SSSR count). The fourth-order valence-electron chi connectivity index (χ4n) is 0.863. The van der Waals surface area contributed by atoms with E-state index in [1.807, 2.05) is 6.92 Å². The molecule has 15 heavy (non-hydrogen) atoms. The number of carbonyl (C=O) groups is 1. The minimum Gasteiger partial charge on any atom is -0.466 e. The Hall–Kier alpha value is -1.06. The van der Waals surface area contributed by atoms with Gasteiger partial charge in [-0.1, -0.05) is 0 Å². The van der Waals surface area contributed by atoms with Gasteiger partial charge < -0.3 is 10.2 Å². The standard InChI is InChI=1S/C11H22N2O2/c1-9(12-13-11(3,4)5)7-6-8-15-10(2)14/h13H,6-8H2,1-5H3. The minimum absolute atomic E-state index is 0.00283. The molecule has 1 N–H and O–H groups in total. The van der Waals surface area contributed by atoms with Crippen LogP contribution in [0.15, 0.2) is 5.10 Å². The smallest absolute Gasteiger partial charge is 0.302 e. The van der Waals surface area contributed by atoms with Gasteiger partial charge in [0, 0.05) is 18.2 Å². The van der Waals surface area contributed by atoms with Crippen LogP contribution in [0.5, 0.6) is 0 Å². The van der Waals surface area contributed by atoms with Gasteiger partial charge in [0.2, 0.25) is 0 Å². The lowest BCUT2D eigenvalue weighted by atomic mass is 10.1. The zero-order valence-corrected chi connectivity index (χ0v) is 10.4. The van der Waals surface area contributed by atoms with Crippen LogP contribution in [0.4, 0.5) is 0 Å². The van der Waals surface area contributed by atoms with Gasteiger partial charge in [0.05, 0.1) is 6.61 Å². The molecule has 0 aliphatic carbocycles. The van der Waals surface area contributed by atoms with Crippen molar-refractivity contribution in [2.45, 2.75) is 53.0 Å². The van der Waals surface area contributed by atoms with E-state index in [0.29, 0.717) is 6.61 Å². The molecule has 0 amide bonds. The summed E-state index contributed by atoms with van der Waals surface area (Å²) < 4.78 is 4.82. The van der Waals surface area contributed by atoms with Gasteiger partial charge in [-0.2, -0.15) is 5.10 Å². The number of esters is 1. The molecule has 4 heteroatoms. The van der Waals surface area contributed by atoms with Gasteiger partial charge in [-0.15, -0.1) is 0 Å². The Balaban J connectivity index is 3.65. The Bertz CT molecular complexity index is 229. The van der Waals surface area contributed by atoms with E-state index in [0.717, 1.165) is 18.6 Å². The van der Waals surface area contributed by atoms with Gasteiger partial charge >= 0.3 is 5.97 Å².